The highest BCUT2D eigenvalue weighted by Crippen LogP contribution is 2.40. The van der Waals surface area contributed by atoms with Crippen LogP contribution in [-0.4, -0.2) is 5.87 Å². The van der Waals surface area contributed by atoms with Crippen LogP contribution < -0.4 is 11.1 Å². The summed E-state index contributed by atoms with van der Waals surface area (Å²) in [7, 11) is 0. The van der Waals surface area contributed by atoms with E-state index in [2.05, 4.69) is 5.32 Å². The molecule has 0 saturated heterocycles. The minimum absolute atomic E-state index is 0.00872. The van der Waals surface area contributed by atoms with Crippen molar-refractivity contribution in [3.8, 4) is 18.2 Å². The van der Waals surface area contributed by atoms with E-state index in [1.807, 2.05) is 18.0 Å². The van der Waals surface area contributed by atoms with Gasteiger partial charge in [0.2, 0.25) is 0 Å². The first-order chi connectivity index (χ1) is 11.1. The zero-order valence-corrected chi connectivity index (χ0v) is 12.4. The van der Waals surface area contributed by atoms with Crippen molar-refractivity contribution in [2.24, 2.45) is 5.73 Å². The van der Waals surface area contributed by atoms with Crippen LogP contribution in [0.4, 0.5) is 0 Å². The summed E-state index contributed by atoms with van der Waals surface area (Å²) >= 11 is 6.20. The molecule has 0 saturated carbocycles. The van der Waals surface area contributed by atoms with Gasteiger partial charge >= 0.3 is 0 Å². The highest BCUT2D eigenvalue weighted by Gasteiger charge is 2.33. The second-order valence-electron chi connectivity index (χ2n) is 4.53. The van der Waals surface area contributed by atoms with Gasteiger partial charge in [0.15, 0.2) is 0 Å². The van der Waals surface area contributed by atoms with E-state index in [0.29, 0.717) is 10.6 Å². The van der Waals surface area contributed by atoms with Crippen LogP contribution in [0.15, 0.2) is 52.5 Å². The number of nitriles is 3. The van der Waals surface area contributed by atoms with Crippen molar-refractivity contribution in [3.05, 3.63) is 63.1 Å². The standard InChI is InChI=1S/C16H9ClN6/c17-13-4-2-1-3-10(13)14-11(7-20)15(9(5-18)6-19)23-16(22)12(14)8-21/h1-4,14,18,23H,22H2/t14-/m1/s1. The van der Waals surface area contributed by atoms with Crippen LogP contribution >= 0.6 is 11.6 Å². The van der Waals surface area contributed by atoms with Gasteiger partial charge < -0.3 is 11.1 Å². The molecule has 1 aromatic carbocycles. The van der Waals surface area contributed by atoms with E-state index in [9.17, 15) is 10.5 Å². The summed E-state index contributed by atoms with van der Waals surface area (Å²) in [6.07, 6.45) is 0. The summed E-state index contributed by atoms with van der Waals surface area (Å²) in [5, 5.41) is 38.3. The lowest BCUT2D eigenvalue weighted by molar-refractivity contribution is 0.817. The van der Waals surface area contributed by atoms with Crippen molar-refractivity contribution >= 4 is 17.5 Å². The molecule has 0 bridgehead atoms. The molecule has 1 aliphatic rings. The Kier molecular flexibility index (Phi) is 4.50. The van der Waals surface area contributed by atoms with E-state index in [0.717, 1.165) is 0 Å². The average Bonchev–Trinajstić information content (AvgIpc) is 2.56. The summed E-state index contributed by atoms with van der Waals surface area (Å²) in [6.45, 7) is 0. The van der Waals surface area contributed by atoms with E-state index in [1.54, 1.807) is 30.3 Å². The number of nitrogens with one attached hydrogen (secondary N) is 2. The van der Waals surface area contributed by atoms with Crippen LogP contribution in [0.1, 0.15) is 11.5 Å². The maximum absolute atomic E-state index is 9.55. The molecule has 0 radical (unpaired) electrons. The molecule has 7 heteroatoms. The molecular formula is C16H9ClN6. The largest absolute Gasteiger partial charge is 0.384 e. The number of dihydropyridines is 1. The normalized spacial score (nSPS) is 16.5. The van der Waals surface area contributed by atoms with E-state index in [1.165, 1.54) is 0 Å². The highest BCUT2D eigenvalue weighted by atomic mass is 35.5. The first-order valence-electron chi connectivity index (χ1n) is 6.34. The zero-order valence-electron chi connectivity index (χ0n) is 11.7. The predicted molar refractivity (Wildman–Crippen MR) is 83.6 cm³/mol. The number of hydrogen-bond acceptors (Lipinski definition) is 6. The van der Waals surface area contributed by atoms with E-state index >= 15 is 0 Å². The molecule has 0 amide bonds. The third kappa shape index (κ3) is 2.67. The van der Waals surface area contributed by atoms with Crippen molar-refractivity contribution in [1.29, 1.82) is 21.2 Å². The molecule has 4 N–H and O–H groups in total. The van der Waals surface area contributed by atoms with Crippen LogP contribution in [0.3, 0.4) is 0 Å². The summed E-state index contributed by atoms with van der Waals surface area (Å²) < 4.78 is 0. The van der Waals surface area contributed by atoms with Crippen molar-refractivity contribution in [2.45, 2.75) is 5.92 Å². The molecule has 0 aromatic heterocycles. The van der Waals surface area contributed by atoms with Crippen LogP contribution in [0.25, 0.3) is 0 Å². The maximum atomic E-state index is 9.55. The van der Waals surface area contributed by atoms with Crippen LogP contribution in [-0.2, 0) is 0 Å². The minimum Gasteiger partial charge on any atom is -0.384 e. The number of nitrogens with two attached hydrogens (primary N) is 1. The number of hydrogen-bond donors (Lipinski definition) is 3. The lowest BCUT2D eigenvalue weighted by Gasteiger charge is -2.26. The second-order valence-corrected chi connectivity index (χ2v) is 4.94. The van der Waals surface area contributed by atoms with Crippen molar-refractivity contribution < 1.29 is 0 Å². The third-order valence-corrected chi connectivity index (χ3v) is 3.68. The molecule has 6 nitrogen and oxygen atoms in total. The molecule has 0 aliphatic carbocycles. The molecular weight excluding hydrogens is 312 g/mol. The number of benzene rings is 1. The molecule has 23 heavy (non-hydrogen) atoms. The summed E-state index contributed by atoms with van der Waals surface area (Å²) in [4.78, 5) is 0. The van der Waals surface area contributed by atoms with Gasteiger partial charge in [0.1, 0.15) is 17.5 Å². The number of allylic oxidation sites excluding steroid dienone is 3. The van der Waals surface area contributed by atoms with Gasteiger partial charge in [-0.15, -0.1) is 0 Å². The van der Waals surface area contributed by atoms with Crippen LogP contribution in [0.2, 0.25) is 5.02 Å². The lowest BCUT2D eigenvalue weighted by atomic mass is 9.81. The van der Waals surface area contributed by atoms with Crippen LogP contribution in [0, 0.1) is 39.4 Å². The van der Waals surface area contributed by atoms with E-state index < -0.39 is 5.92 Å². The first-order valence-corrected chi connectivity index (χ1v) is 6.72. The molecule has 1 heterocycles. The van der Waals surface area contributed by atoms with E-state index in [4.69, 9.17) is 28.0 Å². The summed E-state index contributed by atoms with van der Waals surface area (Å²) in [5.74, 6) is 1.16. The van der Waals surface area contributed by atoms with Gasteiger partial charge in [-0.05, 0) is 17.5 Å². The zero-order chi connectivity index (χ0) is 17.0. The fourth-order valence-corrected chi connectivity index (χ4v) is 2.57. The Morgan fingerprint density at radius 3 is 2.35 bits per heavy atom. The average molecular weight is 321 g/mol. The SMILES string of the molecule is N#CC(=C=N)C1=C(C#N)[C@@H](c2ccccc2Cl)C(C#N)=C(N)N1. The van der Waals surface area contributed by atoms with Gasteiger partial charge in [-0.2, -0.15) is 15.8 Å². The number of rotatable bonds is 2. The highest BCUT2D eigenvalue weighted by molar-refractivity contribution is 6.31. The van der Waals surface area contributed by atoms with Gasteiger partial charge in [-0.25, -0.2) is 0 Å². The Morgan fingerprint density at radius 1 is 1.17 bits per heavy atom. The lowest BCUT2D eigenvalue weighted by Crippen LogP contribution is -2.31. The molecule has 0 spiro atoms. The monoisotopic (exact) mass is 320 g/mol. The molecule has 1 aromatic rings. The summed E-state index contributed by atoms with van der Waals surface area (Å²) in [6, 6.07) is 12.5. The summed E-state index contributed by atoms with van der Waals surface area (Å²) in [5.41, 5.74) is 6.48. The minimum atomic E-state index is -0.813. The molecule has 1 aliphatic heterocycles. The van der Waals surface area contributed by atoms with Crippen molar-refractivity contribution in [1.82, 2.24) is 5.32 Å². The van der Waals surface area contributed by atoms with Crippen LogP contribution in [0.5, 0.6) is 0 Å². The Hall–Kier alpha value is -3.49. The maximum Gasteiger partial charge on any atom is 0.137 e. The Balaban J connectivity index is 2.82. The Morgan fingerprint density at radius 2 is 1.83 bits per heavy atom. The van der Waals surface area contributed by atoms with Crippen molar-refractivity contribution in [2.75, 3.05) is 0 Å². The number of halogens is 1. The van der Waals surface area contributed by atoms with Gasteiger partial charge in [0, 0.05) is 5.02 Å². The molecule has 110 valence electrons. The quantitative estimate of drug-likeness (QED) is 0.567. The Labute approximate surface area is 137 Å². The van der Waals surface area contributed by atoms with Gasteiger partial charge in [-0.1, -0.05) is 29.8 Å². The van der Waals surface area contributed by atoms with Gasteiger partial charge in [0.05, 0.1) is 34.9 Å². The predicted octanol–water partition coefficient (Wildman–Crippen LogP) is 2.20. The Bertz CT molecular complexity index is 913. The number of nitrogens with zero attached hydrogens (tertiary/aromatic N) is 3. The topological polar surface area (TPSA) is 133 Å². The fraction of sp³-hybridized carbons (Fsp3) is 0.0625. The van der Waals surface area contributed by atoms with Gasteiger partial charge in [-0.3, -0.25) is 5.41 Å². The van der Waals surface area contributed by atoms with Gasteiger partial charge in [0.25, 0.3) is 0 Å². The fourth-order valence-electron chi connectivity index (χ4n) is 2.32. The molecule has 0 fully saturated rings. The smallest absolute Gasteiger partial charge is 0.137 e. The first kappa shape index (κ1) is 15.9. The van der Waals surface area contributed by atoms with Crippen molar-refractivity contribution in [3.63, 3.8) is 0 Å². The molecule has 1 atom stereocenters. The van der Waals surface area contributed by atoms with E-state index in [-0.39, 0.29) is 28.2 Å². The molecule has 2 rings (SSSR count). The molecule has 0 unspecified atom stereocenters. The third-order valence-electron chi connectivity index (χ3n) is 3.34. The second kappa shape index (κ2) is 6.52.